The van der Waals surface area contributed by atoms with Gasteiger partial charge < -0.3 is 4.90 Å². The van der Waals surface area contributed by atoms with Gasteiger partial charge in [0.1, 0.15) is 5.78 Å². The first-order valence-electron chi connectivity index (χ1n) is 4.52. The maximum absolute atomic E-state index is 11.5. The molecule has 0 saturated carbocycles. The monoisotopic (exact) mass is 212 g/mol. The van der Waals surface area contributed by atoms with E-state index in [9.17, 15) is 14.4 Å². The van der Waals surface area contributed by atoms with Gasteiger partial charge in [-0.3, -0.25) is 14.5 Å². The van der Waals surface area contributed by atoms with Gasteiger partial charge in [-0.2, -0.15) is 0 Å². The van der Waals surface area contributed by atoms with E-state index >= 15 is 0 Å². The highest BCUT2D eigenvalue weighted by Gasteiger charge is 2.20. The molecule has 0 heterocycles. The van der Waals surface area contributed by atoms with Crippen LogP contribution in [0.25, 0.3) is 0 Å². The fourth-order valence-electron chi connectivity index (χ4n) is 0.966. The average molecular weight is 212 g/mol. The predicted molar refractivity (Wildman–Crippen MR) is 56.3 cm³/mol. The number of amides is 3. The summed E-state index contributed by atoms with van der Waals surface area (Å²) < 4.78 is 0. The number of rotatable bonds is 4. The van der Waals surface area contributed by atoms with Crippen molar-refractivity contribution in [2.75, 3.05) is 20.6 Å². The highest BCUT2D eigenvalue weighted by molar-refractivity contribution is 6.03. The minimum absolute atomic E-state index is 0.246. The van der Waals surface area contributed by atoms with Crippen LogP contribution in [0.5, 0.6) is 0 Å². The van der Waals surface area contributed by atoms with Gasteiger partial charge in [-0.1, -0.05) is 6.08 Å². The van der Waals surface area contributed by atoms with Crippen molar-refractivity contribution < 1.29 is 14.4 Å². The molecule has 84 valence electrons. The normalized spacial score (nSPS) is 9.27. The Labute approximate surface area is 89.3 Å². The zero-order valence-corrected chi connectivity index (χ0v) is 9.32. The van der Waals surface area contributed by atoms with E-state index in [1.54, 1.807) is 13.1 Å². The van der Waals surface area contributed by atoms with Crippen molar-refractivity contribution >= 4 is 17.7 Å². The Kier molecular flexibility index (Phi) is 5.30. The molecule has 0 rings (SSSR count). The van der Waals surface area contributed by atoms with Crippen LogP contribution >= 0.6 is 0 Å². The van der Waals surface area contributed by atoms with Gasteiger partial charge in [-0.25, -0.2) is 4.79 Å². The van der Waals surface area contributed by atoms with Gasteiger partial charge in [0.25, 0.3) is 0 Å². The molecule has 0 aliphatic carbocycles. The summed E-state index contributed by atoms with van der Waals surface area (Å²) in [5.74, 6) is -0.755. The quantitative estimate of drug-likeness (QED) is 0.508. The molecule has 0 radical (unpaired) electrons. The number of Topliss-reactive ketones (excluding diaryl/α,β-unsaturated/α-hetero) is 1. The van der Waals surface area contributed by atoms with Crippen LogP contribution in [-0.2, 0) is 9.59 Å². The van der Waals surface area contributed by atoms with Crippen molar-refractivity contribution in [3.63, 3.8) is 0 Å². The fourth-order valence-corrected chi connectivity index (χ4v) is 0.966. The molecule has 0 saturated heterocycles. The van der Waals surface area contributed by atoms with E-state index in [1.165, 1.54) is 18.9 Å². The number of nitrogens with zero attached hydrogens (tertiary/aromatic N) is 2. The molecule has 0 aromatic rings. The Morgan fingerprint density at radius 2 is 1.80 bits per heavy atom. The van der Waals surface area contributed by atoms with Crippen molar-refractivity contribution in [2.24, 2.45) is 0 Å². The van der Waals surface area contributed by atoms with Crippen LogP contribution in [-0.4, -0.2) is 48.2 Å². The maximum atomic E-state index is 11.5. The van der Waals surface area contributed by atoms with Gasteiger partial charge in [0.05, 0.1) is 6.42 Å². The number of hydrogen-bond donors (Lipinski definition) is 0. The second-order valence-electron chi connectivity index (χ2n) is 3.28. The number of urea groups is 1. The number of carbonyl (C=O) groups excluding carboxylic acids is 3. The van der Waals surface area contributed by atoms with Gasteiger partial charge in [0, 0.05) is 20.6 Å². The molecule has 0 unspecified atom stereocenters. The van der Waals surface area contributed by atoms with Gasteiger partial charge in [-0.15, -0.1) is 6.58 Å². The summed E-state index contributed by atoms with van der Waals surface area (Å²) in [7, 11) is 2.91. The van der Waals surface area contributed by atoms with E-state index in [0.29, 0.717) is 6.54 Å². The van der Waals surface area contributed by atoms with Gasteiger partial charge in [0.2, 0.25) is 5.91 Å². The lowest BCUT2D eigenvalue weighted by molar-refractivity contribution is -0.131. The summed E-state index contributed by atoms with van der Waals surface area (Å²) in [6, 6.07) is -0.443. The Bertz CT molecular complexity index is 286. The standard InChI is InChI=1S/C10H16N2O3/c1-5-6-11(3)10(15)12(4)9(14)7-8(2)13/h5H,1,6-7H2,2-4H3. The first-order chi connectivity index (χ1) is 6.90. The van der Waals surface area contributed by atoms with Crippen LogP contribution in [0.15, 0.2) is 12.7 Å². The topological polar surface area (TPSA) is 57.7 Å². The predicted octanol–water partition coefficient (Wildman–Crippen LogP) is 0.662. The van der Waals surface area contributed by atoms with Crippen LogP contribution in [0.4, 0.5) is 4.79 Å². The first-order valence-corrected chi connectivity index (χ1v) is 4.52. The molecule has 0 fully saturated rings. The van der Waals surface area contributed by atoms with Crippen LogP contribution in [0, 0.1) is 0 Å². The zero-order valence-electron chi connectivity index (χ0n) is 9.32. The third-order valence-corrected chi connectivity index (χ3v) is 1.79. The molecule has 5 heteroatoms. The van der Waals surface area contributed by atoms with Crippen LogP contribution in [0.1, 0.15) is 13.3 Å². The summed E-state index contributed by atoms with van der Waals surface area (Å²) >= 11 is 0. The number of likely N-dealkylation sites (N-methyl/N-ethyl adjacent to an activating group) is 1. The Morgan fingerprint density at radius 1 is 1.27 bits per heavy atom. The summed E-state index contributed by atoms with van der Waals surface area (Å²) in [4.78, 5) is 35.8. The molecule has 0 N–H and O–H groups in total. The summed E-state index contributed by atoms with van der Waals surface area (Å²) in [5.41, 5.74) is 0. The SMILES string of the molecule is C=CCN(C)C(=O)N(C)C(=O)CC(C)=O. The second kappa shape index (κ2) is 5.95. The van der Waals surface area contributed by atoms with Crippen LogP contribution in [0.3, 0.4) is 0 Å². The lowest BCUT2D eigenvalue weighted by Gasteiger charge is -2.22. The second-order valence-corrected chi connectivity index (χ2v) is 3.28. The number of carbonyl (C=O) groups is 3. The van der Waals surface area contributed by atoms with Crippen molar-refractivity contribution in [1.29, 1.82) is 0 Å². The zero-order chi connectivity index (χ0) is 12.0. The Morgan fingerprint density at radius 3 is 2.20 bits per heavy atom. The maximum Gasteiger partial charge on any atom is 0.326 e. The number of ketones is 1. The van der Waals surface area contributed by atoms with Crippen molar-refractivity contribution in [1.82, 2.24) is 9.80 Å². The van der Waals surface area contributed by atoms with E-state index in [-0.39, 0.29) is 12.2 Å². The minimum atomic E-state index is -0.497. The lowest BCUT2D eigenvalue weighted by atomic mass is 10.3. The van der Waals surface area contributed by atoms with Gasteiger partial charge in [-0.05, 0) is 6.92 Å². The number of imide groups is 1. The smallest absolute Gasteiger partial charge is 0.324 e. The molecule has 0 aromatic carbocycles. The summed E-state index contributed by atoms with van der Waals surface area (Å²) in [5, 5.41) is 0. The van der Waals surface area contributed by atoms with Crippen LogP contribution < -0.4 is 0 Å². The Balaban J connectivity index is 4.36. The summed E-state index contributed by atoms with van der Waals surface area (Å²) in [6.45, 7) is 5.15. The largest absolute Gasteiger partial charge is 0.326 e. The first kappa shape index (κ1) is 13.4. The highest BCUT2D eigenvalue weighted by Crippen LogP contribution is 1.98. The molecule has 0 aromatic heterocycles. The van der Waals surface area contributed by atoms with E-state index in [4.69, 9.17) is 0 Å². The van der Waals surface area contributed by atoms with E-state index in [2.05, 4.69) is 6.58 Å². The number of hydrogen-bond acceptors (Lipinski definition) is 3. The van der Waals surface area contributed by atoms with Crippen LogP contribution in [0.2, 0.25) is 0 Å². The molecule has 0 spiro atoms. The lowest BCUT2D eigenvalue weighted by Crippen LogP contribution is -2.42. The molecule has 0 bridgehead atoms. The van der Waals surface area contributed by atoms with E-state index in [1.807, 2.05) is 0 Å². The van der Waals surface area contributed by atoms with Gasteiger partial charge >= 0.3 is 6.03 Å². The highest BCUT2D eigenvalue weighted by atomic mass is 16.2. The Hall–Kier alpha value is -1.65. The molecule has 15 heavy (non-hydrogen) atoms. The van der Waals surface area contributed by atoms with Crippen molar-refractivity contribution in [3.05, 3.63) is 12.7 Å². The fraction of sp³-hybridized carbons (Fsp3) is 0.500. The molecule has 0 atom stereocenters. The molecule has 3 amide bonds. The minimum Gasteiger partial charge on any atom is -0.324 e. The molecular formula is C10H16N2O3. The third-order valence-electron chi connectivity index (χ3n) is 1.79. The third kappa shape index (κ3) is 4.39. The van der Waals surface area contributed by atoms with E-state index < -0.39 is 11.9 Å². The molecule has 5 nitrogen and oxygen atoms in total. The molecule has 0 aliphatic rings. The van der Waals surface area contributed by atoms with E-state index in [0.717, 1.165) is 4.90 Å². The van der Waals surface area contributed by atoms with Crippen molar-refractivity contribution in [2.45, 2.75) is 13.3 Å². The molecule has 0 aliphatic heterocycles. The summed E-state index contributed by atoms with van der Waals surface area (Å²) in [6.07, 6.45) is 1.31. The van der Waals surface area contributed by atoms with Gasteiger partial charge in [0.15, 0.2) is 0 Å². The average Bonchev–Trinajstić information content (AvgIpc) is 2.14. The molecular weight excluding hydrogens is 196 g/mol. The van der Waals surface area contributed by atoms with Crippen molar-refractivity contribution in [3.8, 4) is 0 Å².